The lowest BCUT2D eigenvalue weighted by atomic mass is 9.97. The summed E-state index contributed by atoms with van der Waals surface area (Å²) in [6, 6.07) is 15.4. The summed E-state index contributed by atoms with van der Waals surface area (Å²) in [6.45, 7) is 3.11. The highest BCUT2D eigenvalue weighted by molar-refractivity contribution is 6.32. The Kier molecular flexibility index (Phi) is 4.75. The van der Waals surface area contributed by atoms with Gasteiger partial charge in [-0.2, -0.15) is 0 Å². The van der Waals surface area contributed by atoms with Gasteiger partial charge in [-0.1, -0.05) is 35.9 Å². The first-order chi connectivity index (χ1) is 14.6. The van der Waals surface area contributed by atoms with Gasteiger partial charge in [0, 0.05) is 19.0 Å². The van der Waals surface area contributed by atoms with Crippen molar-refractivity contribution in [2.45, 2.75) is 25.7 Å². The third-order valence-corrected chi connectivity index (χ3v) is 5.86. The molecule has 1 N–H and O–H groups in total. The van der Waals surface area contributed by atoms with Crippen molar-refractivity contribution in [3.05, 3.63) is 71.0 Å². The molecular formula is C22H21ClN6O. The lowest BCUT2D eigenvalue weighted by molar-refractivity contribution is 0.0692. The van der Waals surface area contributed by atoms with Crippen molar-refractivity contribution in [3.8, 4) is 5.69 Å². The zero-order chi connectivity index (χ0) is 20.7. The number of imidazole rings is 1. The van der Waals surface area contributed by atoms with Crippen LogP contribution in [-0.4, -0.2) is 48.6 Å². The second-order valence-corrected chi connectivity index (χ2v) is 7.98. The number of hydrogen-bond acceptors (Lipinski definition) is 4. The van der Waals surface area contributed by atoms with Crippen molar-refractivity contribution in [3.63, 3.8) is 0 Å². The lowest BCUT2D eigenvalue weighted by Gasteiger charge is -2.31. The Morgan fingerprint density at radius 2 is 1.93 bits per heavy atom. The Hall–Kier alpha value is -3.19. The first-order valence-corrected chi connectivity index (χ1v) is 10.4. The number of halogens is 1. The zero-order valence-electron chi connectivity index (χ0n) is 16.5. The molecule has 8 heteroatoms. The van der Waals surface area contributed by atoms with Crippen molar-refractivity contribution in [2.24, 2.45) is 0 Å². The van der Waals surface area contributed by atoms with Gasteiger partial charge in [-0.05, 0) is 44.0 Å². The van der Waals surface area contributed by atoms with Crippen LogP contribution in [0.25, 0.3) is 16.7 Å². The zero-order valence-corrected chi connectivity index (χ0v) is 17.3. The summed E-state index contributed by atoms with van der Waals surface area (Å²) < 4.78 is 1.62. The molecule has 1 aliphatic rings. The van der Waals surface area contributed by atoms with Crippen LogP contribution in [0.5, 0.6) is 0 Å². The average molecular weight is 421 g/mol. The summed E-state index contributed by atoms with van der Waals surface area (Å²) in [4.78, 5) is 27.5. The number of benzene rings is 2. The molecule has 152 valence electrons. The number of aromatic nitrogens is 5. The molecule has 1 atom stereocenters. The van der Waals surface area contributed by atoms with Crippen LogP contribution in [0.4, 0.5) is 0 Å². The quantitative estimate of drug-likeness (QED) is 0.540. The molecule has 7 nitrogen and oxygen atoms in total. The van der Waals surface area contributed by atoms with Gasteiger partial charge in [0.05, 0.1) is 21.7 Å². The molecule has 0 radical (unpaired) electrons. The van der Waals surface area contributed by atoms with E-state index in [1.165, 1.54) is 0 Å². The summed E-state index contributed by atoms with van der Waals surface area (Å²) >= 11 is 6.29. The van der Waals surface area contributed by atoms with Crippen molar-refractivity contribution in [1.29, 1.82) is 0 Å². The number of aromatic amines is 1. The minimum Gasteiger partial charge on any atom is -0.342 e. The molecule has 0 spiro atoms. The van der Waals surface area contributed by atoms with E-state index in [1.807, 2.05) is 54.3 Å². The maximum atomic E-state index is 13.2. The lowest BCUT2D eigenvalue weighted by Crippen LogP contribution is -2.40. The van der Waals surface area contributed by atoms with Crippen LogP contribution >= 0.6 is 11.6 Å². The Bertz CT molecular complexity index is 1200. The van der Waals surface area contributed by atoms with Crippen LogP contribution in [0.3, 0.4) is 0 Å². The fraction of sp³-hybridized carbons (Fsp3) is 0.273. The maximum Gasteiger partial charge on any atom is 0.293 e. The monoisotopic (exact) mass is 420 g/mol. The smallest absolute Gasteiger partial charge is 0.293 e. The summed E-state index contributed by atoms with van der Waals surface area (Å²) in [5.41, 5.74) is 2.68. The first-order valence-electron chi connectivity index (χ1n) is 10.0. The molecule has 1 saturated heterocycles. The molecule has 30 heavy (non-hydrogen) atoms. The Morgan fingerprint density at radius 1 is 1.13 bits per heavy atom. The number of amides is 1. The number of para-hydroxylation sites is 3. The highest BCUT2D eigenvalue weighted by atomic mass is 35.5. The minimum absolute atomic E-state index is 0.162. The highest BCUT2D eigenvalue weighted by Crippen LogP contribution is 2.27. The SMILES string of the molecule is Cc1nc(C(=O)N2CCCC(c3nc4ccccc4[nH]3)C2)nn1-c1ccccc1Cl. The fourth-order valence-electron chi connectivity index (χ4n) is 4.02. The van der Waals surface area contributed by atoms with E-state index in [0.717, 1.165) is 29.7 Å². The number of H-pyrrole nitrogens is 1. The number of rotatable bonds is 3. The summed E-state index contributed by atoms with van der Waals surface area (Å²) in [7, 11) is 0. The van der Waals surface area contributed by atoms with Gasteiger partial charge in [-0.25, -0.2) is 14.6 Å². The summed E-state index contributed by atoms with van der Waals surface area (Å²) in [6.07, 6.45) is 1.90. The third-order valence-electron chi connectivity index (χ3n) is 5.54. The van der Waals surface area contributed by atoms with Crippen LogP contribution in [0.15, 0.2) is 48.5 Å². The van der Waals surface area contributed by atoms with Crippen molar-refractivity contribution >= 4 is 28.5 Å². The average Bonchev–Trinajstić information content (AvgIpc) is 3.37. The Labute approximate surface area is 178 Å². The maximum absolute atomic E-state index is 13.2. The number of likely N-dealkylation sites (tertiary alicyclic amines) is 1. The van der Waals surface area contributed by atoms with Gasteiger partial charge in [0.2, 0.25) is 5.82 Å². The standard InChI is InChI=1S/C22H21ClN6O/c1-14-24-21(27-29(14)19-11-5-2-8-16(19)23)22(30)28-12-6-7-15(13-28)20-25-17-9-3-4-10-18(17)26-20/h2-5,8-11,15H,6-7,12-13H2,1H3,(H,25,26). The van der Waals surface area contributed by atoms with Gasteiger partial charge in [-0.3, -0.25) is 4.79 Å². The topological polar surface area (TPSA) is 79.7 Å². The molecule has 1 aliphatic heterocycles. The van der Waals surface area contributed by atoms with E-state index in [0.29, 0.717) is 29.6 Å². The number of hydrogen-bond donors (Lipinski definition) is 1. The highest BCUT2D eigenvalue weighted by Gasteiger charge is 2.29. The number of aryl methyl sites for hydroxylation is 1. The van der Waals surface area contributed by atoms with Crippen LogP contribution in [0.2, 0.25) is 5.02 Å². The second-order valence-electron chi connectivity index (χ2n) is 7.58. The third kappa shape index (κ3) is 3.35. The van der Waals surface area contributed by atoms with Crippen molar-refractivity contribution in [1.82, 2.24) is 29.6 Å². The van der Waals surface area contributed by atoms with Crippen molar-refractivity contribution in [2.75, 3.05) is 13.1 Å². The van der Waals surface area contributed by atoms with Crippen LogP contribution in [-0.2, 0) is 0 Å². The van der Waals surface area contributed by atoms with Gasteiger partial charge in [-0.15, -0.1) is 5.10 Å². The van der Waals surface area contributed by atoms with Crippen LogP contribution in [0, 0.1) is 6.92 Å². The molecule has 0 saturated carbocycles. The molecule has 4 aromatic rings. The molecular weight excluding hydrogens is 400 g/mol. The van der Waals surface area contributed by atoms with Gasteiger partial charge < -0.3 is 9.88 Å². The van der Waals surface area contributed by atoms with E-state index >= 15 is 0 Å². The summed E-state index contributed by atoms with van der Waals surface area (Å²) in [5.74, 6) is 1.75. The van der Waals surface area contributed by atoms with Gasteiger partial charge in [0.1, 0.15) is 11.6 Å². The van der Waals surface area contributed by atoms with Gasteiger partial charge >= 0.3 is 0 Å². The number of nitrogens with one attached hydrogen (secondary N) is 1. The van der Waals surface area contributed by atoms with E-state index in [4.69, 9.17) is 16.6 Å². The second kappa shape index (κ2) is 7.57. The number of piperidine rings is 1. The molecule has 2 aromatic carbocycles. The molecule has 5 rings (SSSR count). The van der Waals surface area contributed by atoms with E-state index in [-0.39, 0.29) is 17.6 Å². The largest absolute Gasteiger partial charge is 0.342 e. The molecule has 2 aromatic heterocycles. The molecule has 1 amide bonds. The molecule has 0 aliphatic carbocycles. The van der Waals surface area contributed by atoms with E-state index in [1.54, 1.807) is 10.7 Å². The number of fused-ring (bicyclic) bond motifs is 1. The Morgan fingerprint density at radius 3 is 2.77 bits per heavy atom. The van der Waals surface area contributed by atoms with E-state index in [9.17, 15) is 4.79 Å². The molecule has 1 fully saturated rings. The number of carbonyl (C=O) groups is 1. The van der Waals surface area contributed by atoms with Gasteiger partial charge in [0.15, 0.2) is 0 Å². The fourth-order valence-corrected chi connectivity index (χ4v) is 4.24. The minimum atomic E-state index is -0.162. The predicted molar refractivity (Wildman–Crippen MR) is 115 cm³/mol. The number of nitrogens with zero attached hydrogens (tertiary/aromatic N) is 5. The van der Waals surface area contributed by atoms with Crippen LogP contribution < -0.4 is 0 Å². The Balaban J connectivity index is 1.38. The van der Waals surface area contributed by atoms with E-state index in [2.05, 4.69) is 15.1 Å². The van der Waals surface area contributed by atoms with Crippen LogP contribution in [0.1, 0.15) is 41.0 Å². The van der Waals surface area contributed by atoms with Gasteiger partial charge in [0.25, 0.3) is 5.91 Å². The van der Waals surface area contributed by atoms with Crippen molar-refractivity contribution < 1.29 is 4.79 Å². The first kappa shape index (κ1) is 18.8. The number of carbonyl (C=O) groups excluding carboxylic acids is 1. The van der Waals surface area contributed by atoms with E-state index < -0.39 is 0 Å². The predicted octanol–water partition coefficient (Wildman–Crippen LogP) is 4.13. The molecule has 3 heterocycles. The normalized spacial score (nSPS) is 16.9. The molecule has 1 unspecified atom stereocenters. The molecule has 0 bridgehead atoms. The summed E-state index contributed by atoms with van der Waals surface area (Å²) in [5, 5.41) is 5.02.